The van der Waals surface area contributed by atoms with Crippen LogP contribution in [-0.4, -0.2) is 23.3 Å². The van der Waals surface area contributed by atoms with E-state index in [4.69, 9.17) is 9.72 Å². The van der Waals surface area contributed by atoms with Gasteiger partial charge < -0.3 is 4.74 Å². The van der Waals surface area contributed by atoms with Crippen LogP contribution in [0, 0.1) is 0 Å². The number of hydrogen-bond donors (Lipinski definition) is 0. The molecule has 0 N–H and O–H groups in total. The zero-order valence-electron chi connectivity index (χ0n) is 17.8. The van der Waals surface area contributed by atoms with Crippen LogP contribution in [0.15, 0.2) is 29.1 Å². The van der Waals surface area contributed by atoms with Gasteiger partial charge in [0.15, 0.2) is 0 Å². The third-order valence-electron chi connectivity index (χ3n) is 5.16. The molecule has 0 aliphatic rings. The molecule has 150 valence electrons. The molecule has 0 saturated carbocycles. The highest BCUT2D eigenvalue weighted by molar-refractivity contribution is 7.19. The van der Waals surface area contributed by atoms with Crippen molar-refractivity contribution in [1.29, 1.82) is 0 Å². The van der Waals surface area contributed by atoms with Crippen molar-refractivity contribution in [2.45, 2.75) is 59.4 Å². The molecule has 2 heterocycles. The summed E-state index contributed by atoms with van der Waals surface area (Å²) in [6.45, 7) is 11.8. The van der Waals surface area contributed by atoms with Crippen LogP contribution in [0.4, 0.5) is 0 Å². The maximum Gasteiger partial charge on any atom is 0.262 e. The first-order valence-electron chi connectivity index (χ1n) is 9.96. The van der Waals surface area contributed by atoms with Crippen molar-refractivity contribution in [2.24, 2.45) is 0 Å². The minimum absolute atomic E-state index is 0.0461. The number of nitrogens with zero attached hydrogens (tertiary/aromatic N) is 2. The lowest BCUT2D eigenvalue weighted by Gasteiger charge is -2.19. The molecule has 0 aliphatic heterocycles. The summed E-state index contributed by atoms with van der Waals surface area (Å²) in [7, 11) is 1.66. The predicted octanol–water partition coefficient (Wildman–Crippen LogP) is 5.19. The monoisotopic (exact) mass is 398 g/mol. The summed E-state index contributed by atoms with van der Waals surface area (Å²) in [6.07, 6.45) is 1.61. The second kappa shape index (κ2) is 8.18. The minimum atomic E-state index is 0.0461. The standard InChI is InChI=1S/C23H30N2O2S/c1-7-17-19(15-9-11-16(12-10-15)23(3,4)5)20-21(28-17)24-18(8-2)25(22(20)26)13-14-27-6/h9-12H,7-8,13-14H2,1-6H3. The lowest BCUT2D eigenvalue weighted by molar-refractivity contribution is 0.185. The van der Waals surface area contributed by atoms with E-state index in [1.165, 1.54) is 10.4 Å². The Morgan fingerprint density at radius 1 is 1.11 bits per heavy atom. The van der Waals surface area contributed by atoms with Crippen molar-refractivity contribution in [3.8, 4) is 11.1 Å². The van der Waals surface area contributed by atoms with Gasteiger partial charge in [-0.05, 0) is 23.0 Å². The van der Waals surface area contributed by atoms with Gasteiger partial charge in [0.05, 0.1) is 18.5 Å². The second-order valence-electron chi connectivity index (χ2n) is 8.09. The van der Waals surface area contributed by atoms with E-state index in [-0.39, 0.29) is 11.0 Å². The van der Waals surface area contributed by atoms with Crippen molar-refractivity contribution >= 4 is 21.6 Å². The Balaban J connectivity index is 2.25. The van der Waals surface area contributed by atoms with Gasteiger partial charge in [0.1, 0.15) is 10.7 Å². The zero-order valence-corrected chi connectivity index (χ0v) is 18.6. The average Bonchev–Trinajstić information content (AvgIpc) is 3.05. The molecule has 0 unspecified atom stereocenters. The Labute approximate surface area is 171 Å². The number of benzene rings is 1. The average molecular weight is 399 g/mol. The van der Waals surface area contributed by atoms with Gasteiger partial charge in [0, 0.05) is 24.0 Å². The molecule has 0 radical (unpaired) electrons. The summed E-state index contributed by atoms with van der Waals surface area (Å²) in [6, 6.07) is 8.65. The number of fused-ring (bicyclic) bond motifs is 1. The van der Waals surface area contributed by atoms with Crippen LogP contribution in [0.5, 0.6) is 0 Å². The van der Waals surface area contributed by atoms with Gasteiger partial charge in [-0.15, -0.1) is 11.3 Å². The van der Waals surface area contributed by atoms with Crippen LogP contribution in [0.2, 0.25) is 0 Å². The molecule has 0 saturated heterocycles. The zero-order chi connectivity index (χ0) is 20.5. The number of thiophene rings is 1. The van der Waals surface area contributed by atoms with Gasteiger partial charge in [-0.2, -0.15) is 0 Å². The van der Waals surface area contributed by atoms with Crippen LogP contribution in [0.25, 0.3) is 21.3 Å². The maximum atomic E-state index is 13.4. The summed E-state index contributed by atoms with van der Waals surface area (Å²) in [4.78, 5) is 20.3. The lowest BCUT2D eigenvalue weighted by atomic mass is 9.86. The number of methoxy groups -OCH3 is 1. The second-order valence-corrected chi connectivity index (χ2v) is 9.18. The third kappa shape index (κ3) is 3.78. The van der Waals surface area contributed by atoms with Crippen LogP contribution in [-0.2, 0) is 29.5 Å². The normalized spacial score (nSPS) is 12.1. The van der Waals surface area contributed by atoms with Gasteiger partial charge in [0.2, 0.25) is 0 Å². The van der Waals surface area contributed by atoms with Crippen LogP contribution in [0.3, 0.4) is 0 Å². The molecule has 0 fully saturated rings. The van der Waals surface area contributed by atoms with Gasteiger partial charge in [-0.1, -0.05) is 58.9 Å². The predicted molar refractivity (Wildman–Crippen MR) is 119 cm³/mol. The molecule has 2 aromatic heterocycles. The first-order valence-corrected chi connectivity index (χ1v) is 10.8. The number of rotatable bonds is 6. The SMILES string of the molecule is CCc1sc2nc(CC)n(CCOC)c(=O)c2c1-c1ccc(C(C)(C)C)cc1. The number of aryl methyl sites for hydroxylation is 2. The first-order chi connectivity index (χ1) is 13.3. The Morgan fingerprint density at radius 2 is 1.79 bits per heavy atom. The van der Waals surface area contributed by atoms with E-state index in [1.54, 1.807) is 23.0 Å². The van der Waals surface area contributed by atoms with E-state index in [0.29, 0.717) is 13.2 Å². The van der Waals surface area contributed by atoms with E-state index in [9.17, 15) is 4.79 Å². The Bertz CT molecular complexity index is 1020. The Kier molecular flexibility index (Phi) is 6.06. The van der Waals surface area contributed by atoms with Gasteiger partial charge in [-0.25, -0.2) is 4.98 Å². The van der Waals surface area contributed by atoms with Crippen molar-refractivity contribution in [3.05, 3.63) is 50.9 Å². The minimum Gasteiger partial charge on any atom is -0.383 e. The van der Waals surface area contributed by atoms with Crippen molar-refractivity contribution < 1.29 is 4.74 Å². The van der Waals surface area contributed by atoms with Crippen LogP contribution >= 0.6 is 11.3 Å². The fraction of sp³-hybridized carbons (Fsp3) is 0.478. The summed E-state index contributed by atoms with van der Waals surface area (Å²) in [5, 5.41) is 0.749. The van der Waals surface area contributed by atoms with Gasteiger partial charge in [-0.3, -0.25) is 9.36 Å². The molecule has 3 aromatic rings. The molecule has 28 heavy (non-hydrogen) atoms. The summed E-state index contributed by atoms with van der Waals surface area (Å²) < 4.78 is 7.00. The largest absolute Gasteiger partial charge is 0.383 e. The first kappa shape index (κ1) is 20.7. The maximum absolute atomic E-state index is 13.4. The molecule has 3 rings (SSSR count). The fourth-order valence-corrected chi connectivity index (χ4v) is 4.69. The van der Waals surface area contributed by atoms with Crippen LogP contribution in [0.1, 0.15) is 50.9 Å². The Hall–Kier alpha value is -1.98. The van der Waals surface area contributed by atoms with Crippen molar-refractivity contribution in [3.63, 3.8) is 0 Å². The number of hydrogen-bond acceptors (Lipinski definition) is 4. The van der Waals surface area contributed by atoms with E-state index >= 15 is 0 Å². The molecule has 5 heteroatoms. The van der Waals surface area contributed by atoms with E-state index in [2.05, 4.69) is 52.0 Å². The molecule has 0 aliphatic carbocycles. The third-order valence-corrected chi connectivity index (χ3v) is 6.39. The Morgan fingerprint density at radius 3 is 2.32 bits per heavy atom. The van der Waals surface area contributed by atoms with Crippen molar-refractivity contribution in [1.82, 2.24) is 9.55 Å². The molecular weight excluding hydrogens is 368 g/mol. The van der Waals surface area contributed by atoms with Gasteiger partial charge >= 0.3 is 0 Å². The van der Waals surface area contributed by atoms with E-state index < -0.39 is 0 Å². The van der Waals surface area contributed by atoms with Crippen molar-refractivity contribution in [2.75, 3.05) is 13.7 Å². The molecule has 1 aromatic carbocycles. The quantitative estimate of drug-likeness (QED) is 0.574. The molecule has 0 bridgehead atoms. The van der Waals surface area contributed by atoms with E-state index in [0.717, 1.165) is 40.0 Å². The lowest BCUT2D eigenvalue weighted by Crippen LogP contribution is -2.26. The molecule has 4 nitrogen and oxygen atoms in total. The highest BCUT2D eigenvalue weighted by atomic mass is 32.1. The smallest absolute Gasteiger partial charge is 0.262 e. The number of ether oxygens (including phenoxy) is 1. The summed E-state index contributed by atoms with van der Waals surface area (Å²) in [5.74, 6) is 0.827. The van der Waals surface area contributed by atoms with Crippen LogP contribution < -0.4 is 5.56 Å². The topological polar surface area (TPSA) is 44.1 Å². The molecule has 0 amide bonds. The summed E-state index contributed by atoms with van der Waals surface area (Å²) in [5.41, 5.74) is 3.59. The molecule has 0 atom stereocenters. The number of aromatic nitrogens is 2. The molecule has 0 spiro atoms. The molecular formula is C23H30N2O2S. The summed E-state index contributed by atoms with van der Waals surface area (Å²) >= 11 is 1.65. The fourth-order valence-electron chi connectivity index (χ4n) is 3.55. The highest BCUT2D eigenvalue weighted by Gasteiger charge is 2.21. The van der Waals surface area contributed by atoms with Gasteiger partial charge in [0.25, 0.3) is 5.56 Å². The highest BCUT2D eigenvalue weighted by Crippen LogP contribution is 2.37. The van der Waals surface area contributed by atoms with E-state index in [1.807, 2.05) is 6.92 Å².